The average Bonchev–Trinajstić information content (AvgIpc) is 3.13. The van der Waals surface area contributed by atoms with Crippen LogP contribution in [-0.4, -0.2) is 16.0 Å². The number of halogens is 1. The van der Waals surface area contributed by atoms with E-state index in [9.17, 15) is 4.79 Å². The fourth-order valence-corrected chi connectivity index (χ4v) is 4.38. The van der Waals surface area contributed by atoms with Crippen LogP contribution in [-0.2, 0) is 0 Å². The molecule has 144 valence electrons. The van der Waals surface area contributed by atoms with Gasteiger partial charge in [-0.25, -0.2) is 4.98 Å². The summed E-state index contributed by atoms with van der Waals surface area (Å²) in [6.45, 7) is 1.88. The second-order valence-electron chi connectivity index (χ2n) is 6.40. The number of hydrogen-bond donors (Lipinski definition) is 2. The molecule has 0 bridgehead atoms. The number of carbonyl (C=O) groups is 1. The van der Waals surface area contributed by atoms with E-state index in [2.05, 4.69) is 15.6 Å². The molecule has 1 aromatic heterocycles. The van der Waals surface area contributed by atoms with E-state index in [1.165, 1.54) is 0 Å². The molecule has 4 nitrogen and oxygen atoms in total. The van der Waals surface area contributed by atoms with Crippen LogP contribution in [0.15, 0.2) is 66.7 Å². The Bertz CT molecular complexity index is 1200. The van der Waals surface area contributed by atoms with Gasteiger partial charge in [-0.15, -0.1) is 11.3 Å². The van der Waals surface area contributed by atoms with Gasteiger partial charge in [0.15, 0.2) is 5.11 Å². The fourth-order valence-electron chi connectivity index (χ4n) is 2.91. The number of rotatable bonds is 3. The summed E-state index contributed by atoms with van der Waals surface area (Å²) in [5, 5.41) is 7.42. The molecule has 1 amide bonds. The number of anilines is 1. The van der Waals surface area contributed by atoms with Gasteiger partial charge in [0.1, 0.15) is 5.01 Å². The van der Waals surface area contributed by atoms with E-state index in [0.29, 0.717) is 10.6 Å². The number of nitrogens with one attached hydrogen (secondary N) is 2. The fraction of sp³-hybridized carbons (Fsp3) is 0.0455. The Morgan fingerprint density at radius 3 is 2.62 bits per heavy atom. The number of aryl methyl sites for hydroxylation is 1. The first-order valence-corrected chi connectivity index (χ1v) is 10.4. The molecule has 0 saturated carbocycles. The van der Waals surface area contributed by atoms with E-state index >= 15 is 0 Å². The molecule has 0 unspecified atom stereocenters. The van der Waals surface area contributed by atoms with Crippen molar-refractivity contribution in [3.8, 4) is 10.6 Å². The van der Waals surface area contributed by atoms with Crippen molar-refractivity contribution >= 4 is 62.1 Å². The minimum atomic E-state index is -0.249. The molecule has 0 radical (unpaired) electrons. The number of fused-ring (bicyclic) bond motifs is 1. The molecule has 0 aliphatic heterocycles. The smallest absolute Gasteiger partial charge is 0.257 e. The maximum absolute atomic E-state index is 12.4. The van der Waals surface area contributed by atoms with Crippen LogP contribution in [0.1, 0.15) is 15.9 Å². The molecule has 0 saturated heterocycles. The topological polar surface area (TPSA) is 54.0 Å². The van der Waals surface area contributed by atoms with E-state index in [-0.39, 0.29) is 11.0 Å². The minimum absolute atomic E-state index is 0.218. The van der Waals surface area contributed by atoms with Crippen LogP contribution >= 0.6 is 35.2 Å². The SMILES string of the molecule is Cc1ccccc1C(=O)NC(=S)Nc1ccc(Cl)c(-c2nc3ccccc3s2)c1. The molecule has 0 fully saturated rings. The molecule has 0 spiro atoms. The van der Waals surface area contributed by atoms with Crippen LogP contribution in [0.2, 0.25) is 5.02 Å². The minimum Gasteiger partial charge on any atom is -0.332 e. The van der Waals surface area contributed by atoms with Gasteiger partial charge in [-0.1, -0.05) is 41.9 Å². The number of hydrogen-bond acceptors (Lipinski definition) is 4. The summed E-state index contributed by atoms with van der Waals surface area (Å²) in [5.74, 6) is -0.249. The highest BCUT2D eigenvalue weighted by Crippen LogP contribution is 2.35. The summed E-state index contributed by atoms with van der Waals surface area (Å²) in [6, 6.07) is 20.8. The van der Waals surface area contributed by atoms with Crippen molar-refractivity contribution in [3.05, 3.63) is 82.9 Å². The predicted molar refractivity (Wildman–Crippen MR) is 125 cm³/mol. The molecule has 0 atom stereocenters. The number of nitrogens with zero attached hydrogens (tertiary/aromatic N) is 1. The number of benzene rings is 3. The lowest BCUT2D eigenvalue weighted by Gasteiger charge is -2.12. The van der Waals surface area contributed by atoms with Gasteiger partial charge in [0.2, 0.25) is 0 Å². The van der Waals surface area contributed by atoms with E-state index in [1.54, 1.807) is 23.5 Å². The first-order chi connectivity index (χ1) is 14.0. The Labute approximate surface area is 182 Å². The molecular formula is C22H16ClN3OS2. The van der Waals surface area contributed by atoms with Gasteiger partial charge in [-0.05, 0) is 61.1 Å². The molecule has 0 aliphatic rings. The van der Waals surface area contributed by atoms with Crippen molar-refractivity contribution in [1.82, 2.24) is 10.3 Å². The maximum atomic E-state index is 12.4. The van der Waals surface area contributed by atoms with Gasteiger partial charge < -0.3 is 5.32 Å². The van der Waals surface area contributed by atoms with Crippen molar-refractivity contribution in [1.29, 1.82) is 0 Å². The summed E-state index contributed by atoms with van der Waals surface area (Å²) in [7, 11) is 0. The molecule has 29 heavy (non-hydrogen) atoms. The van der Waals surface area contributed by atoms with E-state index in [0.717, 1.165) is 32.0 Å². The van der Waals surface area contributed by atoms with Gasteiger partial charge in [0, 0.05) is 16.8 Å². The standard InChI is InChI=1S/C22H16ClN3OS2/c1-13-6-2-3-7-15(13)20(27)26-22(28)24-14-10-11-17(23)16(12-14)21-25-18-8-4-5-9-19(18)29-21/h2-12H,1H3,(H2,24,26,27,28). The third kappa shape index (κ3) is 4.29. The van der Waals surface area contributed by atoms with Crippen LogP contribution in [0.3, 0.4) is 0 Å². The first-order valence-electron chi connectivity index (χ1n) is 8.85. The van der Waals surface area contributed by atoms with Gasteiger partial charge in [0.25, 0.3) is 5.91 Å². The van der Waals surface area contributed by atoms with E-state index in [1.807, 2.05) is 61.5 Å². The van der Waals surface area contributed by atoms with Crippen molar-refractivity contribution in [3.63, 3.8) is 0 Å². The Morgan fingerprint density at radius 2 is 1.83 bits per heavy atom. The Kier molecular flexibility index (Phi) is 5.58. The number of aromatic nitrogens is 1. The lowest BCUT2D eigenvalue weighted by molar-refractivity contribution is 0.0977. The van der Waals surface area contributed by atoms with E-state index in [4.69, 9.17) is 23.8 Å². The molecule has 1 heterocycles. The van der Waals surface area contributed by atoms with Crippen LogP contribution in [0.5, 0.6) is 0 Å². The molecule has 2 N–H and O–H groups in total. The van der Waals surface area contributed by atoms with Crippen molar-refractivity contribution in [2.75, 3.05) is 5.32 Å². The summed E-state index contributed by atoms with van der Waals surface area (Å²) in [4.78, 5) is 17.1. The number of thiazole rings is 1. The normalized spacial score (nSPS) is 10.7. The Balaban J connectivity index is 1.53. The summed E-state index contributed by atoms with van der Waals surface area (Å²) >= 11 is 13.3. The second-order valence-corrected chi connectivity index (χ2v) is 8.25. The maximum Gasteiger partial charge on any atom is 0.257 e. The molecule has 4 rings (SSSR count). The third-order valence-corrected chi connectivity index (χ3v) is 5.97. The largest absolute Gasteiger partial charge is 0.332 e. The molecular weight excluding hydrogens is 422 g/mol. The Hall–Kier alpha value is -2.80. The summed E-state index contributed by atoms with van der Waals surface area (Å²) in [6.07, 6.45) is 0. The first kappa shape index (κ1) is 19.5. The zero-order chi connectivity index (χ0) is 20.4. The van der Waals surface area contributed by atoms with Gasteiger partial charge in [-0.2, -0.15) is 0 Å². The number of para-hydroxylation sites is 1. The lowest BCUT2D eigenvalue weighted by atomic mass is 10.1. The Morgan fingerprint density at radius 1 is 1.07 bits per heavy atom. The molecule has 3 aromatic carbocycles. The van der Waals surface area contributed by atoms with Gasteiger partial charge in [-0.3, -0.25) is 10.1 Å². The van der Waals surface area contributed by atoms with Crippen LogP contribution in [0.25, 0.3) is 20.8 Å². The molecule has 0 aliphatic carbocycles. The molecule has 7 heteroatoms. The van der Waals surface area contributed by atoms with Crippen molar-refractivity contribution < 1.29 is 4.79 Å². The van der Waals surface area contributed by atoms with Gasteiger partial charge >= 0.3 is 0 Å². The van der Waals surface area contributed by atoms with Gasteiger partial charge in [0.05, 0.1) is 15.2 Å². The highest BCUT2D eigenvalue weighted by atomic mass is 35.5. The summed E-state index contributed by atoms with van der Waals surface area (Å²) < 4.78 is 1.10. The van der Waals surface area contributed by atoms with Crippen LogP contribution < -0.4 is 10.6 Å². The zero-order valence-electron chi connectivity index (χ0n) is 15.4. The lowest BCUT2D eigenvalue weighted by Crippen LogP contribution is -2.34. The van der Waals surface area contributed by atoms with E-state index < -0.39 is 0 Å². The predicted octanol–water partition coefficient (Wildman–Crippen LogP) is 6.05. The highest BCUT2D eigenvalue weighted by Gasteiger charge is 2.13. The molecule has 4 aromatic rings. The zero-order valence-corrected chi connectivity index (χ0v) is 17.8. The van der Waals surface area contributed by atoms with Crippen molar-refractivity contribution in [2.45, 2.75) is 6.92 Å². The number of carbonyl (C=O) groups excluding carboxylic acids is 1. The average molecular weight is 438 g/mol. The third-order valence-electron chi connectivity index (χ3n) is 4.37. The second kappa shape index (κ2) is 8.29. The number of amides is 1. The number of thiocarbonyl (C=S) groups is 1. The monoisotopic (exact) mass is 437 g/mol. The van der Waals surface area contributed by atoms with Crippen LogP contribution in [0, 0.1) is 6.92 Å². The van der Waals surface area contributed by atoms with Crippen molar-refractivity contribution in [2.24, 2.45) is 0 Å². The summed E-state index contributed by atoms with van der Waals surface area (Å²) in [5.41, 5.74) is 3.94. The van der Waals surface area contributed by atoms with Crippen LogP contribution in [0.4, 0.5) is 5.69 Å². The highest BCUT2D eigenvalue weighted by molar-refractivity contribution is 7.80. The quantitative estimate of drug-likeness (QED) is 0.383.